The van der Waals surface area contributed by atoms with E-state index in [1.54, 1.807) is 0 Å². The van der Waals surface area contributed by atoms with Gasteiger partial charge in [0.2, 0.25) is 0 Å². The lowest BCUT2D eigenvalue weighted by Crippen LogP contribution is -2.27. The van der Waals surface area contributed by atoms with Crippen LogP contribution < -0.4 is 10.2 Å². The van der Waals surface area contributed by atoms with Crippen LogP contribution in [0.4, 0.5) is 5.82 Å². The van der Waals surface area contributed by atoms with Gasteiger partial charge in [-0.2, -0.15) is 0 Å². The molecule has 0 aliphatic heterocycles. The predicted octanol–water partition coefficient (Wildman–Crippen LogP) is 3.47. The monoisotopic (exact) mass is 281 g/mol. The highest BCUT2D eigenvalue weighted by molar-refractivity contribution is 6.33. The van der Waals surface area contributed by atoms with Gasteiger partial charge in [0.15, 0.2) is 0 Å². The van der Waals surface area contributed by atoms with Crippen molar-refractivity contribution in [3.8, 4) is 0 Å². The normalized spacial score (nSPS) is 15.0. The fourth-order valence-corrected chi connectivity index (χ4v) is 2.41. The Labute approximate surface area is 121 Å². The molecule has 1 saturated carbocycles. The van der Waals surface area contributed by atoms with E-state index in [-0.39, 0.29) is 0 Å². The lowest BCUT2D eigenvalue weighted by atomic mass is 10.2. The molecule has 1 heterocycles. The molecule has 1 N–H and O–H groups in total. The summed E-state index contributed by atoms with van der Waals surface area (Å²) in [6.45, 7) is 9.31. The van der Waals surface area contributed by atoms with Crippen molar-refractivity contribution < 1.29 is 0 Å². The summed E-state index contributed by atoms with van der Waals surface area (Å²) in [5.41, 5.74) is 1.14. The average Bonchev–Trinajstić information content (AvgIpc) is 3.18. The van der Waals surface area contributed by atoms with Crippen LogP contribution in [0.15, 0.2) is 12.3 Å². The molecule has 0 radical (unpaired) electrons. The number of anilines is 1. The molecule has 3 nitrogen and oxygen atoms in total. The van der Waals surface area contributed by atoms with Crippen LogP contribution in [0.3, 0.4) is 0 Å². The van der Waals surface area contributed by atoms with Gasteiger partial charge in [-0.1, -0.05) is 25.4 Å². The maximum Gasteiger partial charge on any atom is 0.147 e. The van der Waals surface area contributed by atoms with E-state index in [1.165, 1.54) is 12.8 Å². The van der Waals surface area contributed by atoms with Gasteiger partial charge < -0.3 is 10.2 Å². The maximum atomic E-state index is 6.39. The van der Waals surface area contributed by atoms with Gasteiger partial charge in [0.05, 0.1) is 5.02 Å². The van der Waals surface area contributed by atoms with Crippen molar-refractivity contribution in [2.45, 2.75) is 46.2 Å². The summed E-state index contributed by atoms with van der Waals surface area (Å²) in [6.07, 6.45) is 4.64. The molecule has 1 aliphatic carbocycles. The first-order chi connectivity index (χ1) is 9.10. The Morgan fingerprint density at radius 1 is 1.47 bits per heavy atom. The first kappa shape index (κ1) is 14.6. The fourth-order valence-electron chi connectivity index (χ4n) is 2.10. The Balaban J connectivity index is 2.04. The van der Waals surface area contributed by atoms with Crippen LogP contribution in [0.25, 0.3) is 0 Å². The van der Waals surface area contributed by atoms with Gasteiger partial charge in [0.1, 0.15) is 5.82 Å². The predicted molar refractivity (Wildman–Crippen MR) is 81.8 cm³/mol. The van der Waals surface area contributed by atoms with E-state index in [1.807, 2.05) is 12.3 Å². The van der Waals surface area contributed by atoms with Crippen LogP contribution in [-0.2, 0) is 6.54 Å². The maximum absolute atomic E-state index is 6.39. The molecule has 106 valence electrons. The molecule has 0 saturated heterocycles. The molecule has 1 fully saturated rings. The first-order valence-electron chi connectivity index (χ1n) is 7.23. The van der Waals surface area contributed by atoms with E-state index in [0.29, 0.717) is 6.04 Å². The Kier molecular flexibility index (Phi) is 5.06. The van der Waals surface area contributed by atoms with Crippen molar-refractivity contribution in [3.05, 3.63) is 22.8 Å². The van der Waals surface area contributed by atoms with Gasteiger partial charge in [-0.05, 0) is 37.3 Å². The number of nitrogens with one attached hydrogen (secondary N) is 1. The van der Waals surface area contributed by atoms with Crippen molar-refractivity contribution in [1.29, 1.82) is 0 Å². The van der Waals surface area contributed by atoms with Crippen LogP contribution >= 0.6 is 11.6 Å². The number of hydrogen-bond acceptors (Lipinski definition) is 3. The third-order valence-corrected chi connectivity index (χ3v) is 3.73. The Morgan fingerprint density at radius 2 is 2.21 bits per heavy atom. The van der Waals surface area contributed by atoms with E-state index in [9.17, 15) is 0 Å². The summed E-state index contributed by atoms with van der Waals surface area (Å²) in [5, 5.41) is 4.15. The van der Waals surface area contributed by atoms with Crippen molar-refractivity contribution in [3.63, 3.8) is 0 Å². The lowest BCUT2D eigenvalue weighted by Gasteiger charge is -2.23. The van der Waals surface area contributed by atoms with Gasteiger partial charge in [-0.15, -0.1) is 0 Å². The molecule has 0 unspecified atom stereocenters. The van der Waals surface area contributed by atoms with E-state index in [0.717, 1.165) is 42.0 Å². The number of pyridine rings is 1. The van der Waals surface area contributed by atoms with Gasteiger partial charge in [-0.3, -0.25) is 0 Å². The lowest BCUT2D eigenvalue weighted by molar-refractivity contribution is 0.588. The van der Waals surface area contributed by atoms with Gasteiger partial charge in [0, 0.05) is 31.9 Å². The van der Waals surface area contributed by atoms with Gasteiger partial charge in [0.25, 0.3) is 0 Å². The minimum Gasteiger partial charge on any atom is -0.355 e. The van der Waals surface area contributed by atoms with Crippen molar-refractivity contribution in [2.75, 3.05) is 18.0 Å². The molecule has 0 amide bonds. The van der Waals surface area contributed by atoms with Crippen LogP contribution in [0.5, 0.6) is 0 Å². The Morgan fingerprint density at radius 3 is 2.74 bits per heavy atom. The zero-order valence-electron chi connectivity index (χ0n) is 12.1. The third kappa shape index (κ3) is 4.36. The standard InChI is InChI=1S/C15H24ClN3/c1-4-19(10-12-5-6-12)15-14(16)7-13(9-18-15)8-17-11(2)3/h7,9,11-12,17H,4-6,8,10H2,1-3H3. The second-order valence-corrected chi connectivity index (χ2v) is 6.07. The topological polar surface area (TPSA) is 28.2 Å². The highest BCUT2D eigenvalue weighted by atomic mass is 35.5. The second-order valence-electron chi connectivity index (χ2n) is 5.67. The van der Waals surface area contributed by atoms with Crippen molar-refractivity contribution in [1.82, 2.24) is 10.3 Å². The highest BCUT2D eigenvalue weighted by Crippen LogP contribution is 2.32. The zero-order valence-corrected chi connectivity index (χ0v) is 12.9. The summed E-state index contributed by atoms with van der Waals surface area (Å²) in [7, 11) is 0. The van der Waals surface area contributed by atoms with E-state index >= 15 is 0 Å². The van der Waals surface area contributed by atoms with Gasteiger partial charge in [-0.25, -0.2) is 4.98 Å². The summed E-state index contributed by atoms with van der Waals surface area (Å²) in [6, 6.07) is 2.51. The summed E-state index contributed by atoms with van der Waals surface area (Å²) >= 11 is 6.39. The number of rotatable bonds is 7. The molecule has 0 spiro atoms. The number of aromatic nitrogens is 1. The first-order valence-corrected chi connectivity index (χ1v) is 7.60. The molecule has 1 aromatic heterocycles. The smallest absolute Gasteiger partial charge is 0.147 e. The van der Waals surface area contributed by atoms with E-state index in [2.05, 4.69) is 36.0 Å². The van der Waals surface area contributed by atoms with Crippen LogP contribution in [0.1, 0.15) is 39.2 Å². The van der Waals surface area contributed by atoms with Crippen molar-refractivity contribution >= 4 is 17.4 Å². The summed E-state index contributed by atoms with van der Waals surface area (Å²) < 4.78 is 0. The number of hydrogen-bond donors (Lipinski definition) is 1. The molecular formula is C15H24ClN3. The molecule has 1 aromatic rings. The molecule has 1 aliphatic rings. The van der Waals surface area contributed by atoms with Crippen molar-refractivity contribution in [2.24, 2.45) is 5.92 Å². The highest BCUT2D eigenvalue weighted by Gasteiger charge is 2.25. The Bertz CT molecular complexity index is 416. The van der Waals surface area contributed by atoms with E-state index < -0.39 is 0 Å². The average molecular weight is 282 g/mol. The van der Waals surface area contributed by atoms with E-state index in [4.69, 9.17) is 11.6 Å². The Hall–Kier alpha value is -0.800. The van der Waals surface area contributed by atoms with Gasteiger partial charge >= 0.3 is 0 Å². The molecule has 4 heteroatoms. The summed E-state index contributed by atoms with van der Waals surface area (Å²) in [5.74, 6) is 1.78. The molecule has 0 atom stereocenters. The number of nitrogens with zero attached hydrogens (tertiary/aromatic N) is 2. The largest absolute Gasteiger partial charge is 0.355 e. The molecule has 0 bridgehead atoms. The minimum atomic E-state index is 0.473. The molecule has 2 rings (SSSR count). The number of halogens is 1. The van der Waals surface area contributed by atoms with Crippen LogP contribution in [0.2, 0.25) is 5.02 Å². The van der Waals surface area contributed by atoms with Crippen LogP contribution in [0, 0.1) is 5.92 Å². The SMILES string of the molecule is CCN(CC1CC1)c1ncc(CNC(C)C)cc1Cl. The van der Waals surface area contributed by atoms with Crippen LogP contribution in [-0.4, -0.2) is 24.1 Å². The molecule has 19 heavy (non-hydrogen) atoms. The second kappa shape index (κ2) is 6.58. The fraction of sp³-hybridized carbons (Fsp3) is 0.667. The zero-order chi connectivity index (χ0) is 13.8. The third-order valence-electron chi connectivity index (χ3n) is 3.45. The summed E-state index contributed by atoms with van der Waals surface area (Å²) in [4.78, 5) is 6.85. The molecular weight excluding hydrogens is 258 g/mol. The minimum absolute atomic E-state index is 0.473. The quantitative estimate of drug-likeness (QED) is 0.829. The molecule has 0 aromatic carbocycles.